The zero-order valence-electron chi connectivity index (χ0n) is 15.8. The quantitative estimate of drug-likeness (QED) is 0.403. The summed E-state index contributed by atoms with van der Waals surface area (Å²) in [6.07, 6.45) is 11.4. The Labute approximate surface area is 160 Å². The van der Waals surface area contributed by atoms with Crippen molar-refractivity contribution in [2.24, 2.45) is 0 Å². The van der Waals surface area contributed by atoms with Gasteiger partial charge in [0, 0.05) is 0 Å². The first-order chi connectivity index (χ1) is 12.4. The molecule has 26 heavy (non-hydrogen) atoms. The van der Waals surface area contributed by atoms with Gasteiger partial charge in [0.25, 0.3) is 0 Å². The van der Waals surface area contributed by atoms with Crippen molar-refractivity contribution in [1.29, 1.82) is 0 Å². The molecule has 0 amide bonds. The first kappa shape index (κ1) is 20.8. The summed E-state index contributed by atoms with van der Waals surface area (Å²) >= 11 is -3.84. The van der Waals surface area contributed by atoms with E-state index in [1.165, 1.54) is 19.3 Å². The fourth-order valence-corrected chi connectivity index (χ4v) is 25.7. The van der Waals surface area contributed by atoms with Crippen molar-refractivity contribution in [1.82, 2.24) is 0 Å². The minimum absolute atomic E-state index is 0.315. The molecule has 3 aliphatic carbocycles. The van der Waals surface area contributed by atoms with Gasteiger partial charge in [-0.25, -0.2) is 0 Å². The molecule has 3 fully saturated rings. The van der Waals surface area contributed by atoms with E-state index in [4.69, 9.17) is 3.07 Å². The predicted molar refractivity (Wildman–Crippen MR) is 98.4 cm³/mol. The zero-order chi connectivity index (χ0) is 18.6. The van der Waals surface area contributed by atoms with Gasteiger partial charge in [-0.1, -0.05) is 0 Å². The molecule has 6 heteroatoms. The van der Waals surface area contributed by atoms with Gasteiger partial charge >= 0.3 is 160 Å². The van der Waals surface area contributed by atoms with Gasteiger partial charge in [0.15, 0.2) is 0 Å². The molecule has 0 atom stereocenters. The van der Waals surface area contributed by atoms with E-state index in [9.17, 15) is 18.0 Å². The molecule has 0 bridgehead atoms. The van der Waals surface area contributed by atoms with Gasteiger partial charge in [-0.05, 0) is 0 Å². The van der Waals surface area contributed by atoms with Crippen molar-refractivity contribution in [2.75, 3.05) is 0 Å². The number of rotatable bonds is 4. The van der Waals surface area contributed by atoms with E-state index >= 15 is 0 Å². The second-order valence-electron chi connectivity index (χ2n) is 8.75. The van der Waals surface area contributed by atoms with Gasteiger partial charge in [-0.3, -0.25) is 0 Å². The Morgan fingerprint density at radius 1 is 0.654 bits per heavy atom. The average Bonchev–Trinajstić information content (AvgIpc) is 2.67. The predicted octanol–water partition coefficient (Wildman–Crippen LogP) is 7.04. The van der Waals surface area contributed by atoms with Gasteiger partial charge < -0.3 is 0 Å². The molecule has 3 aliphatic rings. The van der Waals surface area contributed by atoms with Crippen LogP contribution in [-0.2, 0) is 7.87 Å². The Hall–Kier alpha value is 0.0587. The molecule has 3 rings (SSSR count). The first-order valence-electron chi connectivity index (χ1n) is 10.7. The SMILES string of the molecule is O=C([O][Sn]([CH]1CCCCC1)([CH]1CCCCC1)[CH]1CCCCC1)C(F)(F)F. The fraction of sp³-hybridized carbons (Fsp3) is 0.950. The Morgan fingerprint density at radius 3 is 1.23 bits per heavy atom. The molecule has 0 aromatic rings. The summed E-state index contributed by atoms with van der Waals surface area (Å²) in [6, 6.07) is 0. The van der Waals surface area contributed by atoms with Crippen molar-refractivity contribution in [2.45, 2.75) is 114 Å². The number of hydrogen-bond donors (Lipinski definition) is 0. The maximum atomic E-state index is 13.2. The Bertz CT molecular complexity index is 417. The van der Waals surface area contributed by atoms with Gasteiger partial charge in [0.05, 0.1) is 0 Å². The van der Waals surface area contributed by atoms with Crippen molar-refractivity contribution in [3.63, 3.8) is 0 Å². The van der Waals surface area contributed by atoms with E-state index in [-0.39, 0.29) is 0 Å². The summed E-state index contributed by atoms with van der Waals surface area (Å²) in [5.41, 5.74) is 0. The van der Waals surface area contributed by atoms with Crippen LogP contribution in [0.1, 0.15) is 96.3 Å². The van der Waals surface area contributed by atoms with Crippen LogP contribution in [0, 0.1) is 0 Å². The second kappa shape index (κ2) is 9.04. The Balaban J connectivity index is 1.97. The van der Waals surface area contributed by atoms with Crippen LogP contribution in [0.25, 0.3) is 0 Å². The van der Waals surface area contributed by atoms with E-state index in [2.05, 4.69) is 0 Å². The van der Waals surface area contributed by atoms with Crippen LogP contribution >= 0.6 is 0 Å². The summed E-state index contributed by atoms with van der Waals surface area (Å²) in [4.78, 5) is 12.1. The van der Waals surface area contributed by atoms with Crippen LogP contribution in [-0.4, -0.2) is 30.9 Å². The molecule has 0 unspecified atom stereocenters. The van der Waals surface area contributed by atoms with E-state index in [1.54, 1.807) is 0 Å². The van der Waals surface area contributed by atoms with Crippen molar-refractivity contribution >= 4 is 24.8 Å². The monoisotopic (exact) mass is 482 g/mol. The summed E-state index contributed by atoms with van der Waals surface area (Å²) < 4.78 is 46.5. The molecule has 0 aromatic heterocycles. The third-order valence-corrected chi connectivity index (χ3v) is 24.6. The van der Waals surface area contributed by atoms with E-state index in [1.807, 2.05) is 0 Å². The maximum absolute atomic E-state index is 13.2. The Kier molecular flexibility index (Phi) is 7.23. The van der Waals surface area contributed by atoms with Crippen LogP contribution in [0.15, 0.2) is 0 Å². The summed E-state index contributed by atoms with van der Waals surface area (Å²) in [5.74, 6) is -1.85. The zero-order valence-corrected chi connectivity index (χ0v) is 18.6. The van der Waals surface area contributed by atoms with E-state index in [0.717, 1.165) is 77.0 Å². The second-order valence-corrected chi connectivity index (χ2v) is 21.2. The van der Waals surface area contributed by atoms with Crippen LogP contribution in [0.4, 0.5) is 13.2 Å². The fourth-order valence-electron chi connectivity index (χ4n) is 6.13. The summed E-state index contributed by atoms with van der Waals surface area (Å²) in [6.45, 7) is 0. The molecular formula is C20H33F3O2Sn. The van der Waals surface area contributed by atoms with E-state index in [0.29, 0.717) is 11.8 Å². The Morgan fingerprint density at radius 2 is 0.962 bits per heavy atom. The molecule has 0 N–H and O–H groups in total. The number of carbonyl (C=O) groups is 1. The standard InChI is InChI=1S/3C6H11.C2HF3O2.Sn/c3*1-2-4-6-5-3-1;3-2(4,5)1(6)7;/h3*1H,2-6H2;(H,6,7);/q;;;;+1/p-1. The van der Waals surface area contributed by atoms with Crippen LogP contribution < -0.4 is 0 Å². The molecule has 0 spiro atoms. The molecule has 2 nitrogen and oxygen atoms in total. The van der Waals surface area contributed by atoms with Crippen LogP contribution in [0.5, 0.6) is 0 Å². The molecule has 3 saturated carbocycles. The molecular weight excluding hydrogens is 448 g/mol. The average molecular weight is 481 g/mol. The number of halogens is 3. The molecule has 0 saturated heterocycles. The molecule has 150 valence electrons. The van der Waals surface area contributed by atoms with Crippen molar-refractivity contribution in [3.05, 3.63) is 0 Å². The number of hydrogen-bond acceptors (Lipinski definition) is 2. The van der Waals surface area contributed by atoms with Crippen molar-refractivity contribution in [3.8, 4) is 0 Å². The van der Waals surface area contributed by atoms with Gasteiger partial charge in [-0.2, -0.15) is 0 Å². The minimum atomic E-state index is -4.85. The topological polar surface area (TPSA) is 26.3 Å². The van der Waals surface area contributed by atoms with Crippen LogP contribution in [0.3, 0.4) is 0 Å². The normalized spacial score (nSPS) is 25.2. The van der Waals surface area contributed by atoms with Crippen molar-refractivity contribution < 1.29 is 21.0 Å². The molecule has 0 heterocycles. The molecule has 0 aliphatic heterocycles. The van der Waals surface area contributed by atoms with Gasteiger partial charge in [0.2, 0.25) is 0 Å². The van der Waals surface area contributed by atoms with E-state index < -0.39 is 30.9 Å². The summed E-state index contributed by atoms with van der Waals surface area (Å²) in [5, 5.41) is 0. The third kappa shape index (κ3) is 4.54. The van der Waals surface area contributed by atoms with Crippen LogP contribution in [0.2, 0.25) is 11.8 Å². The first-order valence-corrected chi connectivity index (χ1v) is 16.9. The van der Waals surface area contributed by atoms with Gasteiger partial charge in [0.1, 0.15) is 0 Å². The molecule has 0 radical (unpaired) electrons. The number of carbonyl (C=O) groups excluding carboxylic acids is 1. The van der Waals surface area contributed by atoms with Gasteiger partial charge in [-0.15, -0.1) is 0 Å². The third-order valence-electron chi connectivity index (χ3n) is 7.23. The molecule has 0 aromatic carbocycles. The summed E-state index contributed by atoms with van der Waals surface area (Å²) in [7, 11) is 0. The number of alkyl halides is 3.